The first-order valence-corrected chi connectivity index (χ1v) is 9.95. The highest BCUT2D eigenvalue weighted by Crippen LogP contribution is 2.35. The Morgan fingerprint density at radius 3 is 2.65 bits per heavy atom. The molecule has 0 saturated carbocycles. The molecule has 3 rings (SSSR count). The highest BCUT2D eigenvalue weighted by atomic mass is 35.5. The van der Waals surface area contributed by atoms with Crippen LogP contribution in [0.1, 0.15) is 12.0 Å². The van der Waals surface area contributed by atoms with Crippen LogP contribution in [0.3, 0.4) is 0 Å². The summed E-state index contributed by atoms with van der Waals surface area (Å²) in [4.78, 5) is 38.1. The SMILES string of the molecule is COC(=O)COc1ccc(NC(=O)C2CC(=O)N(c3cc(Cl)ccc3OC)C2)c(C)c1. The Labute approximate surface area is 185 Å². The molecule has 1 unspecified atom stereocenters. The Kier molecular flexibility index (Phi) is 7.02. The summed E-state index contributed by atoms with van der Waals surface area (Å²) >= 11 is 6.08. The van der Waals surface area contributed by atoms with E-state index in [-0.39, 0.29) is 31.4 Å². The van der Waals surface area contributed by atoms with Gasteiger partial charge in [-0.3, -0.25) is 9.59 Å². The number of nitrogens with zero attached hydrogens (tertiary/aromatic N) is 1. The third kappa shape index (κ3) is 5.27. The van der Waals surface area contributed by atoms with Crippen molar-refractivity contribution in [3.63, 3.8) is 0 Å². The number of benzene rings is 2. The summed E-state index contributed by atoms with van der Waals surface area (Å²) in [5, 5.41) is 3.34. The molecular weight excluding hydrogens is 424 g/mol. The number of ether oxygens (including phenoxy) is 3. The lowest BCUT2D eigenvalue weighted by molar-refractivity contribution is -0.142. The van der Waals surface area contributed by atoms with E-state index in [9.17, 15) is 14.4 Å². The molecule has 1 atom stereocenters. The van der Waals surface area contributed by atoms with Gasteiger partial charge in [-0.2, -0.15) is 0 Å². The van der Waals surface area contributed by atoms with E-state index >= 15 is 0 Å². The van der Waals surface area contributed by atoms with Crippen molar-refractivity contribution in [2.75, 3.05) is 37.6 Å². The molecular formula is C22H23ClN2O6. The van der Waals surface area contributed by atoms with Crippen LogP contribution >= 0.6 is 11.6 Å². The number of hydrogen-bond donors (Lipinski definition) is 1. The van der Waals surface area contributed by atoms with Crippen molar-refractivity contribution in [3.05, 3.63) is 47.0 Å². The monoisotopic (exact) mass is 446 g/mol. The zero-order valence-corrected chi connectivity index (χ0v) is 18.2. The molecule has 1 aliphatic rings. The van der Waals surface area contributed by atoms with Gasteiger partial charge in [0.1, 0.15) is 11.5 Å². The fraction of sp³-hybridized carbons (Fsp3) is 0.318. The Morgan fingerprint density at radius 2 is 1.97 bits per heavy atom. The number of carbonyl (C=O) groups is 3. The van der Waals surface area contributed by atoms with Gasteiger partial charge in [-0.1, -0.05) is 11.6 Å². The summed E-state index contributed by atoms with van der Waals surface area (Å²) in [6.45, 7) is 1.83. The Morgan fingerprint density at radius 1 is 1.19 bits per heavy atom. The number of esters is 1. The van der Waals surface area contributed by atoms with Crippen LogP contribution in [0.2, 0.25) is 5.02 Å². The fourth-order valence-electron chi connectivity index (χ4n) is 3.29. The van der Waals surface area contributed by atoms with Crippen molar-refractivity contribution in [2.45, 2.75) is 13.3 Å². The van der Waals surface area contributed by atoms with E-state index in [1.165, 1.54) is 19.1 Å². The highest BCUT2D eigenvalue weighted by Gasteiger charge is 2.36. The van der Waals surface area contributed by atoms with Gasteiger partial charge in [0.2, 0.25) is 11.8 Å². The van der Waals surface area contributed by atoms with Crippen LogP contribution in [-0.4, -0.2) is 45.2 Å². The predicted octanol–water partition coefficient (Wildman–Crippen LogP) is 3.20. The van der Waals surface area contributed by atoms with Crippen LogP contribution in [-0.2, 0) is 19.1 Å². The number of halogens is 1. The van der Waals surface area contributed by atoms with E-state index < -0.39 is 11.9 Å². The summed E-state index contributed by atoms with van der Waals surface area (Å²) in [6.07, 6.45) is 0.0842. The summed E-state index contributed by atoms with van der Waals surface area (Å²) < 4.78 is 15.2. The number of amides is 2. The van der Waals surface area contributed by atoms with Gasteiger partial charge in [-0.15, -0.1) is 0 Å². The summed E-state index contributed by atoms with van der Waals surface area (Å²) in [6, 6.07) is 10.1. The number of hydrogen-bond acceptors (Lipinski definition) is 6. The van der Waals surface area contributed by atoms with Crippen LogP contribution in [0.5, 0.6) is 11.5 Å². The zero-order chi connectivity index (χ0) is 22.5. The standard InChI is InChI=1S/C22H23ClN2O6/c1-13-8-16(31-12-21(27)30-3)5-6-17(13)24-22(28)14-9-20(26)25(11-14)18-10-15(23)4-7-19(18)29-2/h4-8,10,14H,9,11-12H2,1-3H3,(H,24,28). The average Bonchev–Trinajstić information content (AvgIpc) is 3.15. The number of rotatable bonds is 7. The molecule has 164 valence electrons. The molecule has 2 aromatic carbocycles. The van der Waals surface area contributed by atoms with Gasteiger partial charge < -0.3 is 24.4 Å². The van der Waals surface area contributed by atoms with E-state index in [2.05, 4.69) is 10.1 Å². The van der Waals surface area contributed by atoms with E-state index in [1.54, 1.807) is 36.4 Å². The molecule has 31 heavy (non-hydrogen) atoms. The third-order valence-corrected chi connectivity index (χ3v) is 5.20. The summed E-state index contributed by atoms with van der Waals surface area (Å²) in [5.74, 6) is -0.451. The minimum Gasteiger partial charge on any atom is -0.495 e. The second kappa shape index (κ2) is 9.70. The van der Waals surface area contributed by atoms with Gasteiger partial charge in [0, 0.05) is 23.7 Å². The van der Waals surface area contributed by atoms with Crippen LogP contribution in [0, 0.1) is 12.8 Å². The third-order valence-electron chi connectivity index (χ3n) is 4.97. The van der Waals surface area contributed by atoms with Crippen molar-refractivity contribution < 1.29 is 28.6 Å². The van der Waals surface area contributed by atoms with Crippen molar-refractivity contribution in [1.82, 2.24) is 0 Å². The zero-order valence-electron chi connectivity index (χ0n) is 17.4. The topological polar surface area (TPSA) is 94.2 Å². The largest absolute Gasteiger partial charge is 0.495 e. The average molecular weight is 447 g/mol. The van der Waals surface area contributed by atoms with Gasteiger partial charge >= 0.3 is 5.97 Å². The number of aryl methyl sites for hydroxylation is 1. The van der Waals surface area contributed by atoms with E-state index in [4.69, 9.17) is 21.1 Å². The maximum absolute atomic E-state index is 12.8. The van der Waals surface area contributed by atoms with Gasteiger partial charge in [0.05, 0.1) is 25.8 Å². The molecule has 1 N–H and O–H groups in total. The molecule has 2 aromatic rings. The minimum atomic E-state index is -0.522. The molecule has 2 amide bonds. The molecule has 0 bridgehead atoms. The van der Waals surface area contributed by atoms with Crippen molar-refractivity contribution in [1.29, 1.82) is 0 Å². The second-order valence-electron chi connectivity index (χ2n) is 7.05. The lowest BCUT2D eigenvalue weighted by Crippen LogP contribution is -2.28. The number of methoxy groups -OCH3 is 2. The molecule has 0 aromatic heterocycles. The van der Waals surface area contributed by atoms with Gasteiger partial charge in [-0.25, -0.2) is 4.79 Å². The highest BCUT2D eigenvalue weighted by molar-refractivity contribution is 6.31. The number of anilines is 2. The Balaban J connectivity index is 1.67. The molecule has 0 spiro atoms. The molecule has 1 fully saturated rings. The molecule has 9 heteroatoms. The first-order chi connectivity index (χ1) is 14.8. The predicted molar refractivity (Wildman–Crippen MR) is 116 cm³/mol. The van der Waals surface area contributed by atoms with E-state index in [1.807, 2.05) is 6.92 Å². The van der Waals surface area contributed by atoms with Crippen LogP contribution in [0.25, 0.3) is 0 Å². The molecule has 1 aliphatic heterocycles. The van der Waals surface area contributed by atoms with Crippen LogP contribution < -0.4 is 19.7 Å². The van der Waals surface area contributed by atoms with Gasteiger partial charge in [0.15, 0.2) is 6.61 Å². The first kappa shape index (κ1) is 22.4. The lowest BCUT2D eigenvalue weighted by Gasteiger charge is -2.20. The van der Waals surface area contributed by atoms with Crippen molar-refractivity contribution >= 4 is 40.8 Å². The van der Waals surface area contributed by atoms with Crippen LogP contribution in [0.15, 0.2) is 36.4 Å². The van der Waals surface area contributed by atoms with Crippen LogP contribution in [0.4, 0.5) is 11.4 Å². The molecule has 0 radical (unpaired) electrons. The fourth-order valence-corrected chi connectivity index (χ4v) is 3.46. The Bertz CT molecular complexity index is 1010. The summed E-state index contributed by atoms with van der Waals surface area (Å²) in [7, 11) is 2.80. The van der Waals surface area contributed by atoms with Crippen molar-refractivity contribution in [2.24, 2.45) is 5.92 Å². The second-order valence-corrected chi connectivity index (χ2v) is 7.49. The smallest absolute Gasteiger partial charge is 0.343 e. The molecule has 1 heterocycles. The molecule has 1 saturated heterocycles. The Hall–Kier alpha value is -3.26. The lowest BCUT2D eigenvalue weighted by atomic mass is 10.1. The van der Waals surface area contributed by atoms with E-state index in [0.717, 1.165) is 5.56 Å². The minimum absolute atomic E-state index is 0.0842. The van der Waals surface area contributed by atoms with Crippen molar-refractivity contribution in [3.8, 4) is 11.5 Å². The molecule has 0 aliphatic carbocycles. The number of carbonyl (C=O) groups excluding carboxylic acids is 3. The maximum Gasteiger partial charge on any atom is 0.343 e. The van der Waals surface area contributed by atoms with Gasteiger partial charge in [-0.05, 0) is 48.9 Å². The summed E-state index contributed by atoms with van der Waals surface area (Å²) in [5.41, 5.74) is 1.90. The first-order valence-electron chi connectivity index (χ1n) is 9.57. The van der Waals surface area contributed by atoms with Gasteiger partial charge in [0.25, 0.3) is 0 Å². The molecule has 8 nitrogen and oxygen atoms in total. The quantitative estimate of drug-likeness (QED) is 0.656. The maximum atomic E-state index is 12.8. The normalized spacial score (nSPS) is 15.5. The van der Waals surface area contributed by atoms with E-state index in [0.29, 0.717) is 27.9 Å². The number of nitrogens with one attached hydrogen (secondary N) is 1.